The van der Waals surface area contributed by atoms with E-state index in [9.17, 15) is 4.79 Å². The molecule has 0 aliphatic carbocycles. The number of hydrogen-bond donors (Lipinski definition) is 0. The van der Waals surface area contributed by atoms with Crippen molar-refractivity contribution >= 4 is 11.8 Å². The van der Waals surface area contributed by atoms with Gasteiger partial charge >= 0.3 is 6.09 Å². The monoisotopic (exact) mass is 374 g/mol. The van der Waals surface area contributed by atoms with Crippen molar-refractivity contribution in [2.75, 3.05) is 31.1 Å². The van der Waals surface area contributed by atoms with Crippen molar-refractivity contribution in [3.8, 4) is 11.3 Å². The fourth-order valence-electron chi connectivity index (χ4n) is 3.31. The van der Waals surface area contributed by atoms with E-state index in [4.69, 9.17) is 4.74 Å². The van der Waals surface area contributed by atoms with Crippen LogP contribution in [0.3, 0.4) is 0 Å². The van der Waals surface area contributed by atoms with E-state index < -0.39 is 0 Å². The number of nitrogens with zero attached hydrogens (tertiary/aromatic N) is 4. The number of rotatable bonds is 4. The maximum atomic E-state index is 12.4. The minimum Gasteiger partial charge on any atom is -0.445 e. The Morgan fingerprint density at radius 2 is 1.61 bits per heavy atom. The molecular formula is C22H22N4O2. The zero-order chi connectivity index (χ0) is 19.2. The molecule has 0 spiro atoms. The summed E-state index contributed by atoms with van der Waals surface area (Å²) in [4.78, 5) is 25.0. The molecule has 4 rings (SSSR count). The van der Waals surface area contributed by atoms with Crippen molar-refractivity contribution in [3.05, 3.63) is 78.8 Å². The Hall–Kier alpha value is -3.41. The van der Waals surface area contributed by atoms with Crippen LogP contribution in [-0.2, 0) is 11.3 Å². The molecule has 1 aliphatic heterocycles. The molecule has 0 radical (unpaired) electrons. The van der Waals surface area contributed by atoms with E-state index in [1.807, 2.05) is 66.9 Å². The van der Waals surface area contributed by atoms with Crippen LogP contribution >= 0.6 is 0 Å². The Labute approximate surface area is 164 Å². The third-order valence-corrected chi connectivity index (χ3v) is 4.82. The number of anilines is 1. The Morgan fingerprint density at radius 1 is 0.929 bits per heavy atom. The van der Waals surface area contributed by atoms with Gasteiger partial charge < -0.3 is 14.5 Å². The summed E-state index contributed by atoms with van der Waals surface area (Å²) in [5, 5.41) is 0. The fourth-order valence-corrected chi connectivity index (χ4v) is 3.31. The molecule has 2 aromatic carbocycles. The summed E-state index contributed by atoms with van der Waals surface area (Å²) < 4.78 is 5.45. The molecule has 1 aliphatic rings. The van der Waals surface area contributed by atoms with Gasteiger partial charge in [0, 0.05) is 31.7 Å². The van der Waals surface area contributed by atoms with Gasteiger partial charge in [-0.2, -0.15) is 0 Å². The highest BCUT2D eigenvalue weighted by atomic mass is 16.6. The molecule has 1 amide bonds. The first-order chi connectivity index (χ1) is 13.8. The highest BCUT2D eigenvalue weighted by Gasteiger charge is 2.24. The van der Waals surface area contributed by atoms with Gasteiger partial charge in [0.2, 0.25) is 0 Å². The van der Waals surface area contributed by atoms with E-state index in [0.717, 1.165) is 22.5 Å². The number of carbonyl (C=O) groups excluding carboxylic acids is 1. The van der Waals surface area contributed by atoms with Crippen LogP contribution < -0.4 is 4.90 Å². The first kappa shape index (κ1) is 18.0. The van der Waals surface area contributed by atoms with Crippen LogP contribution in [0.2, 0.25) is 0 Å². The molecule has 6 nitrogen and oxygen atoms in total. The molecule has 0 N–H and O–H groups in total. The molecule has 0 atom stereocenters. The quantitative estimate of drug-likeness (QED) is 0.698. The van der Waals surface area contributed by atoms with Gasteiger partial charge in [-0.05, 0) is 5.56 Å². The predicted molar refractivity (Wildman–Crippen MR) is 108 cm³/mol. The first-order valence-electron chi connectivity index (χ1n) is 9.37. The van der Waals surface area contributed by atoms with Gasteiger partial charge in [0.05, 0.1) is 17.6 Å². The summed E-state index contributed by atoms with van der Waals surface area (Å²) in [5.41, 5.74) is 3.95. The minimum atomic E-state index is -0.268. The second kappa shape index (κ2) is 8.52. The molecule has 28 heavy (non-hydrogen) atoms. The number of amides is 1. The molecule has 1 aromatic heterocycles. The average Bonchev–Trinajstić information content (AvgIpc) is 2.79. The number of aromatic nitrogens is 2. The lowest BCUT2D eigenvalue weighted by Crippen LogP contribution is -2.49. The van der Waals surface area contributed by atoms with E-state index in [2.05, 4.69) is 14.9 Å². The van der Waals surface area contributed by atoms with Crippen LogP contribution in [0.15, 0.2) is 73.2 Å². The van der Waals surface area contributed by atoms with Gasteiger partial charge in [0.15, 0.2) is 0 Å². The molecule has 1 fully saturated rings. The lowest BCUT2D eigenvalue weighted by atomic mass is 10.1. The van der Waals surface area contributed by atoms with Crippen LogP contribution in [0.5, 0.6) is 0 Å². The smallest absolute Gasteiger partial charge is 0.410 e. The highest BCUT2D eigenvalue weighted by molar-refractivity contribution is 5.75. The Kier molecular flexibility index (Phi) is 5.47. The lowest BCUT2D eigenvalue weighted by molar-refractivity contribution is 0.0942. The molecule has 1 saturated heterocycles. The number of carbonyl (C=O) groups is 1. The predicted octanol–water partition coefficient (Wildman–Crippen LogP) is 3.60. The van der Waals surface area contributed by atoms with Gasteiger partial charge in [-0.25, -0.2) is 14.8 Å². The third-order valence-electron chi connectivity index (χ3n) is 4.82. The molecule has 6 heteroatoms. The number of piperazine rings is 1. The van der Waals surface area contributed by atoms with E-state index in [-0.39, 0.29) is 6.09 Å². The zero-order valence-corrected chi connectivity index (χ0v) is 15.6. The van der Waals surface area contributed by atoms with Crippen molar-refractivity contribution in [3.63, 3.8) is 0 Å². The van der Waals surface area contributed by atoms with E-state index in [0.29, 0.717) is 32.8 Å². The Bertz CT molecular complexity index is 910. The van der Waals surface area contributed by atoms with Gasteiger partial charge in [0.1, 0.15) is 12.9 Å². The summed E-state index contributed by atoms with van der Waals surface area (Å²) >= 11 is 0. The Morgan fingerprint density at radius 3 is 2.32 bits per heavy atom. The van der Waals surface area contributed by atoms with E-state index in [1.165, 1.54) is 0 Å². The zero-order valence-electron chi connectivity index (χ0n) is 15.6. The summed E-state index contributed by atoms with van der Waals surface area (Å²) in [6.45, 7) is 2.94. The maximum Gasteiger partial charge on any atom is 0.410 e. The van der Waals surface area contributed by atoms with E-state index >= 15 is 0 Å². The van der Waals surface area contributed by atoms with Gasteiger partial charge in [-0.15, -0.1) is 0 Å². The molecule has 3 aromatic rings. The van der Waals surface area contributed by atoms with Crippen LogP contribution in [-0.4, -0.2) is 47.1 Å². The fraction of sp³-hybridized carbons (Fsp3) is 0.227. The van der Waals surface area contributed by atoms with Crippen LogP contribution in [0.1, 0.15) is 5.56 Å². The van der Waals surface area contributed by atoms with Crippen LogP contribution in [0, 0.1) is 0 Å². The molecule has 0 bridgehead atoms. The summed E-state index contributed by atoms with van der Waals surface area (Å²) in [6.07, 6.45) is 3.15. The normalized spacial score (nSPS) is 14.0. The topological polar surface area (TPSA) is 58.6 Å². The maximum absolute atomic E-state index is 12.4. The van der Waals surface area contributed by atoms with Crippen molar-refractivity contribution in [1.29, 1.82) is 0 Å². The van der Waals surface area contributed by atoms with Crippen molar-refractivity contribution in [2.24, 2.45) is 0 Å². The first-order valence-corrected chi connectivity index (χ1v) is 9.37. The molecule has 142 valence electrons. The van der Waals surface area contributed by atoms with E-state index in [1.54, 1.807) is 11.2 Å². The van der Waals surface area contributed by atoms with Crippen molar-refractivity contribution < 1.29 is 9.53 Å². The SMILES string of the molecule is O=C(OCc1ccccc1)N1CCN(c2cncnc2-c2ccccc2)CC1. The summed E-state index contributed by atoms with van der Waals surface area (Å²) in [5.74, 6) is 0. The Balaban J connectivity index is 1.38. The molecular weight excluding hydrogens is 352 g/mol. The molecule has 2 heterocycles. The van der Waals surface area contributed by atoms with Gasteiger partial charge in [-0.3, -0.25) is 0 Å². The third kappa shape index (κ3) is 4.11. The second-order valence-electron chi connectivity index (χ2n) is 6.64. The van der Waals surface area contributed by atoms with Gasteiger partial charge in [0.25, 0.3) is 0 Å². The second-order valence-corrected chi connectivity index (χ2v) is 6.64. The lowest BCUT2D eigenvalue weighted by Gasteiger charge is -2.35. The molecule has 0 saturated carbocycles. The average molecular weight is 374 g/mol. The van der Waals surface area contributed by atoms with Crippen molar-refractivity contribution in [2.45, 2.75) is 6.61 Å². The molecule has 0 unspecified atom stereocenters. The van der Waals surface area contributed by atoms with Crippen molar-refractivity contribution in [1.82, 2.24) is 14.9 Å². The summed E-state index contributed by atoms with van der Waals surface area (Å²) in [7, 11) is 0. The number of hydrogen-bond acceptors (Lipinski definition) is 5. The highest BCUT2D eigenvalue weighted by Crippen LogP contribution is 2.28. The largest absolute Gasteiger partial charge is 0.445 e. The van der Waals surface area contributed by atoms with Crippen LogP contribution in [0.25, 0.3) is 11.3 Å². The summed E-state index contributed by atoms with van der Waals surface area (Å²) in [6, 6.07) is 19.8. The standard InChI is InChI=1S/C22H22N4O2/c27-22(28-16-18-7-3-1-4-8-18)26-13-11-25(12-14-26)20-15-23-17-24-21(20)19-9-5-2-6-10-19/h1-10,15,17H,11-14,16H2. The number of benzene rings is 2. The van der Waals surface area contributed by atoms with Gasteiger partial charge in [-0.1, -0.05) is 60.7 Å². The number of ether oxygens (including phenoxy) is 1. The minimum absolute atomic E-state index is 0.268. The van der Waals surface area contributed by atoms with Crippen LogP contribution in [0.4, 0.5) is 10.5 Å².